The molecule has 1 saturated heterocycles. The zero-order chi connectivity index (χ0) is 15.9. The van der Waals surface area contributed by atoms with Gasteiger partial charge in [-0.1, -0.05) is 0 Å². The van der Waals surface area contributed by atoms with Crippen LogP contribution in [0.25, 0.3) is 11.4 Å². The number of aromatic nitrogens is 3. The lowest BCUT2D eigenvalue weighted by atomic mass is 10.2. The van der Waals surface area contributed by atoms with Gasteiger partial charge in [0.2, 0.25) is 0 Å². The number of hydrogen-bond acceptors (Lipinski definition) is 5. The van der Waals surface area contributed by atoms with Gasteiger partial charge >= 0.3 is 0 Å². The minimum Gasteiger partial charge on any atom is -0.319 e. The predicted molar refractivity (Wildman–Crippen MR) is 95.5 cm³/mol. The van der Waals surface area contributed by atoms with Crippen LogP contribution in [0.2, 0.25) is 0 Å². The van der Waals surface area contributed by atoms with E-state index in [4.69, 9.17) is 0 Å². The number of benzene rings is 1. The summed E-state index contributed by atoms with van der Waals surface area (Å²) in [5.41, 5.74) is 5.73. The second kappa shape index (κ2) is 5.83. The molecule has 4 rings (SSSR count). The van der Waals surface area contributed by atoms with E-state index in [0.29, 0.717) is 10.7 Å². The quantitative estimate of drug-likeness (QED) is 0.899. The molecule has 0 radical (unpaired) electrons. The molecule has 0 amide bonds. The minimum atomic E-state index is 0.310. The van der Waals surface area contributed by atoms with Gasteiger partial charge in [0.15, 0.2) is 11.6 Å². The zero-order valence-corrected chi connectivity index (χ0v) is 14.5. The number of rotatable bonds is 4. The molecule has 0 spiro atoms. The van der Waals surface area contributed by atoms with Gasteiger partial charge in [0.05, 0.1) is 0 Å². The number of hydrogen-bond donors (Lipinski definition) is 2. The first kappa shape index (κ1) is 15.0. The van der Waals surface area contributed by atoms with Gasteiger partial charge in [-0.25, -0.2) is 9.99 Å². The average Bonchev–Trinajstić information content (AvgIpc) is 3.25. The van der Waals surface area contributed by atoms with Crippen molar-refractivity contribution in [2.45, 2.75) is 37.4 Å². The molecule has 1 saturated carbocycles. The van der Waals surface area contributed by atoms with Crippen molar-refractivity contribution in [2.75, 3.05) is 24.3 Å². The number of anilines is 1. The molecular weight excluding hydrogens is 306 g/mol. The third-order valence-corrected chi connectivity index (χ3v) is 5.61. The molecule has 2 heterocycles. The van der Waals surface area contributed by atoms with Crippen LogP contribution in [0.3, 0.4) is 0 Å². The Morgan fingerprint density at radius 3 is 2.74 bits per heavy atom. The van der Waals surface area contributed by atoms with Gasteiger partial charge in [-0.2, -0.15) is 16.9 Å². The number of nitrogens with one attached hydrogen (secondary N) is 2. The summed E-state index contributed by atoms with van der Waals surface area (Å²) in [4.78, 5) is 4.61. The average molecular weight is 329 g/mol. The Balaban J connectivity index is 1.43. The van der Waals surface area contributed by atoms with Crippen LogP contribution >= 0.6 is 11.8 Å². The van der Waals surface area contributed by atoms with Crippen molar-refractivity contribution in [3.05, 3.63) is 30.1 Å². The Bertz CT molecular complexity index is 675. The molecule has 6 heteroatoms. The van der Waals surface area contributed by atoms with Crippen molar-refractivity contribution in [2.24, 2.45) is 0 Å². The fourth-order valence-corrected chi connectivity index (χ4v) is 4.04. The van der Waals surface area contributed by atoms with Crippen molar-refractivity contribution in [1.29, 1.82) is 0 Å². The molecule has 0 unspecified atom stereocenters. The summed E-state index contributed by atoms with van der Waals surface area (Å²) in [6.45, 7) is 6.72. The molecule has 1 aliphatic carbocycles. The van der Waals surface area contributed by atoms with E-state index in [1.54, 1.807) is 0 Å². The van der Waals surface area contributed by atoms with Crippen LogP contribution in [-0.4, -0.2) is 43.8 Å². The molecule has 2 aliphatic rings. The Labute approximate surface area is 141 Å². The summed E-state index contributed by atoms with van der Waals surface area (Å²) >= 11 is 2.04. The van der Waals surface area contributed by atoms with Crippen LogP contribution in [-0.2, 0) is 0 Å². The molecular formula is C17H23N5S. The molecule has 1 aliphatic heterocycles. The summed E-state index contributed by atoms with van der Waals surface area (Å²) in [5.74, 6) is 3.59. The van der Waals surface area contributed by atoms with E-state index in [-0.39, 0.29) is 0 Å². The summed E-state index contributed by atoms with van der Waals surface area (Å²) in [6, 6.07) is 8.43. The molecule has 2 fully saturated rings. The SMILES string of the molecule is CC1(C)CN(Nc2ccc(-c3nc(C4CC4)n[nH]3)cc2)CCS1. The van der Waals surface area contributed by atoms with E-state index in [1.807, 2.05) is 11.8 Å². The largest absolute Gasteiger partial charge is 0.319 e. The zero-order valence-electron chi connectivity index (χ0n) is 13.7. The van der Waals surface area contributed by atoms with Crippen LogP contribution in [0, 0.1) is 0 Å². The molecule has 1 aromatic heterocycles. The Morgan fingerprint density at radius 1 is 1.26 bits per heavy atom. The van der Waals surface area contributed by atoms with Crippen molar-refractivity contribution in [3.8, 4) is 11.4 Å². The summed E-state index contributed by atoms with van der Waals surface area (Å²) in [5, 5.41) is 9.70. The van der Waals surface area contributed by atoms with Crippen LogP contribution in [0.5, 0.6) is 0 Å². The lowest BCUT2D eigenvalue weighted by Gasteiger charge is -2.37. The summed E-state index contributed by atoms with van der Waals surface area (Å²) in [6.07, 6.45) is 2.45. The van der Waals surface area contributed by atoms with Crippen molar-refractivity contribution in [1.82, 2.24) is 20.2 Å². The van der Waals surface area contributed by atoms with Gasteiger partial charge in [-0.15, -0.1) is 0 Å². The van der Waals surface area contributed by atoms with E-state index in [1.165, 1.54) is 18.6 Å². The monoisotopic (exact) mass is 329 g/mol. The highest BCUT2D eigenvalue weighted by Crippen LogP contribution is 2.38. The van der Waals surface area contributed by atoms with Crippen molar-refractivity contribution < 1.29 is 0 Å². The minimum absolute atomic E-state index is 0.310. The summed E-state index contributed by atoms with van der Waals surface area (Å²) < 4.78 is 0.310. The van der Waals surface area contributed by atoms with Gasteiger partial charge in [-0.05, 0) is 51.0 Å². The first-order chi connectivity index (χ1) is 11.1. The van der Waals surface area contributed by atoms with E-state index in [0.717, 1.165) is 36.0 Å². The number of nitrogens with zero attached hydrogens (tertiary/aromatic N) is 3. The van der Waals surface area contributed by atoms with E-state index in [2.05, 4.69) is 63.7 Å². The second-order valence-corrected chi connectivity index (χ2v) is 8.84. The van der Waals surface area contributed by atoms with E-state index in [9.17, 15) is 0 Å². The maximum absolute atomic E-state index is 4.61. The molecule has 122 valence electrons. The molecule has 5 nitrogen and oxygen atoms in total. The van der Waals surface area contributed by atoms with Gasteiger partial charge in [0.1, 0.15) is 0 Å². The highest BCUT2D eigenvalue weighted by Gasteiger charge is 2.28. The van der Waals surface area contributed by atoms with Gasteiger partial charge in [-0.3, -0.25) is 5.10 Å². The third-order valence-electron chi connectivity index (χ3n) is 4.32. The second-order valence-electron chi connectivity index (χ2n) is 7.04. The Kier molecular flexibility index (Phi) is 3.81. The molecule has 2 N–H and O–H groups in total. The number of H-pyrrole nitrogens is 1. The van der Waals surface area contributed by atoms with E-state index < -0.39 is 0 Å². The standard InChI is InChI=1S/C17H23N5S/c1-17(2)11-22(9-10-23-17)21-14-7-5-13(6-8-14)16-18-15(19-20-16)12-3-4-12/h5-8,12,21H,3-4,9-11H2,1-2H3,(H,18,19,20). The smallest absolute Gasteiger partial charge is 0.155 e. The normalized spacial score (nSPS) is 21.3. The molecule has 2 aromatic rings. The first-order valence-electron chi connectivity index (χ1n) is 8.27. The fourth-order valence-electron chi connectivity index (χ4n) is 2.93. The lowest BCUT2D eigenvalue weighted by Crippen LogP contribution is -2.45. The highest BCUT2D eigenvalue weighted by molar-refractivity contribution is 8.00. The maximum atomic E-state index is 4.61. The number of aromatic amines is 1. The molecule has 1 aromatic carbocycles. The molecule has 0 bridgehead atoms. The molecule has 23 heavy (non-hydrogen) atoms. The van der Waals surface area contributed by atoms with Crippen molar-refractivity contribution in [3.63, 3.8) is 0 Å². The Morgan fingerprint density at radius 2 is 2.04 bits per heavy atom. The maximum Gasteiger partial charge on any atom is 0.155 e. The van der Waals surface area contributed by atoms with Crippen LogP contribution < -0.4 is 5.43 Å². The number of thioether (sulfide) groups is 1. The van der Waals surface area contributed by atoms with Gasteiger partial charge in [0.25, 0.3) is 0 Å². The molecule has 0 atom stereocenters. The lowest BCUT2D eigenvalue weighted by molar-refractivity contribution is 0.311. The third kappa shape index (κ3) is 3.53. The number of hydrazine groups is 1. The highest BCUT2D eigenvalue weighted by atomic mass is 32.2. The Hall–Kier alpha value is -1.53. The summed E-state index contributed by atoms with van der Waals surface area (Å²) in [7, 11) is 0. The van der Waals surface area contributed by atoms with Crippen LogP contribution in [0.15, 0.2) is 24.3 Å². The van der Waals surface area contributed by atoms with Crippen molar-refractivity contribution >= 4 is 17.4 Å². The van der Waals surface area contributed by atoms with Gasteiger partial charge < -0.3 is 5.43 Å². The van der Waals surface area contributed by atoms with Gasteiger partial charge in [0, 0.05) is 40.8 Å². The predicted octanol–water partition coefficient (Wildman–Crippen LogP) is 3.50. The first-order valence-corrected chi connectivity index (χ1v) is 9.26. The fraction of sp³-hybridized carbons (Fsp3) is 0.529. The van der Waals surface area contributed by atoms with E-state index >= 15 is 0 Å². The van der Waals surface area contributed by atoms with Crippen LogP contribution in [0.1, 0.15) is 38.4 Å². The topological polar surface area (TPSA) is 56.8 Å². The van der Waals surface area contributed by atoms with Crippen LogP contribution in [0.4, 0.5) is 5.69 Å².